The number of benzene rings is 2. The molecule has 0 radical (unpaired) electrons. The molecular weight excluding hydrogens is 240 g/mol. The van der Waals surface area contributed by atoms with Gasteiger partial charge in [0.25, 0.3) is 0 Å². The van der Waals surface area contributed by atoms with Crippen molar-refractivity contribution in [2.45, 2.75) is 12.3 Å². The van der Waals surface area contributed by atoms with Gasteiger partial charge < -0.3 is 9.84 Å². The molecule has 1 fully saturated rings. The van der Waals surface area contributed by atoms with Crippen molar-refractivity contribution >= 4 is 16.7 Å². The Morgan fingerprint density at radius 1 is 1.21 bits per heavy atom. The van der Waals surface area contributed by atoms with Crippen LogP contribution in [0.3, 0.4) is 0 Å². The molecule has 3 nitrogen and oxygen atoms in total. The van der Waals surface area contributed by atoms with Crippen LogP contribution in [0.25, 0.3) is 10.8 Å². The number of aliphatic carboxylic acids is 1. The lowest BCUT2D eigenvalue weighted by Gasteiger charge is -2.44. The van der Waals surface area contributed by atoms with Gasteiger partial charge in [-0.1, -0.05) is 49.4 Å². The highest BCUT2D eigenvalue weighted by Crippen LogP contribution is 2.40. The number of hydrogen-bond donors (Lipinski definition) is 1. The van der Waals surface area contributed by atoms with E-state index in [2.05, 4.69) is 24.3 Å². The van der Waals surface area contributed by atoms with Gasteiger partial charge in [0, 0.05) is 0 Å². The molecule has 0 aliphatic carbocycles. The van der Waals surface area contributed by atoms with Crippen LogP contribution in [-0.2, 0) is 14.9 Å². The topological polar surface area (TPSA) is 46.5 Å². The predicted octanol–water partition coefficient (Wildman–Crippen LogP) is 2.83. The molecule has 0 saturated carbocycles. The van der Waals surface area contributed by atoms with Crippen molar-refractivity contribution in [2.24, 2.45) is 5.92 Å². The number of carboxylic acid groups (broad SMARTS) is 1. The number of carbonyl (C=O) groups is 1. The maximum Gasteiger partial charge on any atom is 0.307 e. The van der Waals surface area contributed by atoms with E-state index >= 15 is 0 Å². The van der Waals surface area contributed by atoms with Crippen LogP contribution in [0.4, 0.5) is 0 Å². The summed E-state index contributed by atoms with van der Waals surface area (Å²) in [6, 6.07) is 14.3. The number of ether oxygens (including phenoxy) is 1. The summed E-state index contributed by atoms with van der Waals surface area (Å²) in [5.74, 6) is -1.21. The molecule has 1 heterocycles. The van der Waals surface area contributed by atoms with Crippen molar-refractivity contribution in [1.82, 2.24) is 0 Å². The molecule has 1 atom stereocenters. The Balaban J connectivity index is 2.09. The summed E-state index contributed by atoms with van der Waals surface area (Å²) in [4.78, 5) is 11.3. The first-order valence-corrected chi connectivity index (χ1v) is 6.43. The van der Waals surface area contributed by atoms with E-state index in [1.54, 1.807) is 6.92 Å². The van der Waals surface area contributed by atoms with Gasteiger partial charge in [-0.25, -0.2) is 0 Å². The van der Waals surface area contributed by atoms with Gasteiger partial charge in [-0.2, -0.15) is 0 Å². The number of carboxylic acids is 1. The first-order valence-electron chi connectivity index (χ1n) is 6.43. The summed E-state index contributed by atoms with van der Waals surface area (Å²) in [6.45, 7) is 2.73. The normalized spacial score (nSPS) is 18.8. The molecule has 2 aromatic rings. The van der Waals surface area contributed by atoms with E-state index in [1.165, 1.54) is 5.39 Å². The summed E-state index contributed by atoms with van der Waals surface area (Å²) < 4.78 is 5.31. The number of rotatable bonds is 3. The van der Waals surface area contributed by atoms with Gasteiger partial charge in [-0.3, -0.25) is 4.79 Å². The Morgan fingerprint density at radius 3 is 2.47 bits per heavy atom. The molecule has 19 heavy (non-hydrogen) atoms. The van der Waals surface area contributed by atoms with Crippen molar-refractivity contribution < 1.29 is 14.6 Å². The molecule has 0 bridgehead atoms. The third kappa shape index (κ3) is 1.81. The quantitative estimate of drug-likeness (QED) is 0.918. The van der Waals surface area contributed by atoms with Crippen LogP contribution in [0.5, 0.6) is 0 Å². The Kier molecular flexibility index (Phi) is 2.79. The van der Waals surface area contributed by atoms with Crippen LogP contribution in [0.2, 0.25) is 0 Å². The molecule has 0 amide bonds. The van der Waals surface area contributed by atoms with Crippen molar-refractivity contribution in [3.8, 4) is 0 Å². The lowest BCUT2D eigenvalue weighted by atomic mass is 9.69. The van der Waals surface area contributed by atoms with E-state index in [4.69, 9.17) is 4.74 Å². The van der Waals surface area contributed by atoms with E-state index < -0.39 is 11.9 Å². The lowest BCUT2D eigenvalue weighted by Crippen LogP contribution is -2.53. The summed E-state index contributed by atoms with van der Waals surface area (Å²) in [7, 11) is 0. The second-order valence-corrected chi connectivity index (χ2v) is 5.27. The van der Waals surface area contributed by atoms with Gasteiger partial charge in [-0.15, -0.1) is 0 Å². The van der Waals surface area contributed by atoms with Crippen LogP contribution in [0.15, 0.2) is 42.5 Å². The van der Waals surface area contributed by atoms with E-state index in [0.29, 0.717) is 13.2 Å². The van der Waals surface area contributed by atoms with Gasteiger partial charge in [0.2, 0.25) is 0 Å². The monoisotopic (exact) mass is 256 g/mol. The number of fused-ring (bicyclic) bond motifs is 1. The minimum absolute atomic E-state index is 0.379. The summed E-state index contributed by atoms with van der Waals surface area (Å²) in [5.41, 5.74) is 0.683. The molecular formula is C16H16O3. The van der Waals surface area contributed by atoms with Gasteiger partial charge >= 0.3 is 5.97 Å². The zero-order valence-electron chi connectivity index (χ0n) is 10.8. The van der Waals surface area contributed by atoms with Gasteiger partial charge in [0.1, 0.15) is 0 Å². The standard InChI is InChI=1S/C16H16O3/c1-11(15(17)18)16(9-19-10-16)14-7-6-12-4-2-3-5-13(12)8-14/h2-8,11H,9-10H2,1H3,(H,17,18). The zero-order valence-corrected chi connectivity index (χ0v) is 10.8. The van der Waals surface area contributed by atoms with E-state index in [1.807, 2.05) is 18.2 Å². The van der Waals surface area contributed by atoms with Crippen molar-refractivity contribution in [2.75, 3.05) is 13.2 Å². The van der Waals surface area contributed by atoms with Crippen LogP contribution < -0.4 is 0 Å². The fraction of sp³-hybridized carbons (Fsp3) is 0.312. The molecule has 1 aliphatic heterocycles. The first kappa shape index (κ1) is 12.2. The fourth-order valence-corrected chi connectivity index (χ4v) is 2.72. The average molecular weight is 256 g/mol. The molecule has 0 spiro atoms. The minimum atomic E-state index is -0.767. The predicted molar refractivity (Wildman–Crippen MR) is 73.2 cm³/mol. The van der Waals surface area contributed by atoms with Gasteiger partial charge in [0.05, 0.1) is 24.5 Å². The molecule has 1 aliphatic rings. The summed E-state index contributed by atoms with van der Waals surface area (Å²) >= 11 is 0. The second kappa shape index (κ2) is 4.35. The molecule has 3 heteroatoms. The zero-order chi connectivity index (χ0) is 13.5. The van der Waals surface area contributed by atoms with Crippen molar-refractivity contribution in [1.29, 1.82) is 0 Å². The molecule has 2 aromatic carbocycles. The summed E-state index contributed by atoms with van der Waals surface area (Å²) in [5, 5.41) is 11.6. The second-order valence-electron chi connectivity index (χ2n) is 5.27. The molecule has 0 aromatic heterocycles. The SMILES string of the molecule is CC(C(=O)O)C1(c2ccc3ccccc3c2)COC1. The maximum absolute atomic E-state index is 11.3. The van der Waals surface area contributed by atoms with Gasteiger partial charge in [0.15, 0.2) is 0 Å². The van der Waals surface area contributed by atoms with E-state index in [0.717, 1.165) is 10.9 Å². The van der Waals surface area contributed by atoms with Crippen molar-refractivity contribution in [3.05, 3.63) is 48.0 Å². The molecule has 1 N–H and O–H groups in total. The Labute approximate surface area is 111 Å². The van der Waals surface area contributed by atoms with E-state index in [9.17, 15) is 9.90 Å². The Bertz CT molecular complexity index is 629. The lowest BCUT2D eigenvalue weighted by molar-refractivity contribution is -0.155. The Hall–Kier alpha value is -1.87. The van der Waals surface area contributed by atoms with Crippen LogP contribution in [0, 0.1) is 5.92 Å². The maximum atomic E-state index is 11.3. The third-order valence-electron chi connectivity index (χ3n) is 4.24. The first-order chi connectivity index (χ1) is 9.13. The van der Waals surface area contributed by atoms with Crippen LogP contribution in [-0.4, -0.2) is 24.3 Å². The number of hydrogen-bond acceptors (Lipinski definition) is 2. The molecule has 3 rings (SSSR count). The average Bonchev–Trinajstić information content (AvgIpc) is 2.37. The molecule has 98 valence electrons. The van der Waals surface area contributed by atoms with Gasteiger partial charge in [-0.05, 0) is 16.3 Å². The highest BCUT2D eigenvalue weighted by atomic mass is 16.5. The smallest absolute Gasteiger partial charge is 0.307 e. The highest BCUT2D eigenvalue weighted by molar-refractivity contribution is 5.83. The molecule has 1 saturated heterocycles. The van der Waals surface area contributed by atoms with Crippen LogP contribution >= 0.6 is 0 Å². The minimum Gasteiger partial charge on any atom is -0.481 e. The van der Waals surface area contributed by atoms with Crippen molar-refractivity contribution in [3.63, 3.8) is 0 Å². The third-order valence-corrected chi connectivity index (χ3v) is 4.24. The largest absolute Gasteiger partial charge is 0.481 e. The fourth-order valence-electron chi connectivity index (χ4n) is 2.72. The Morgan fingerprint density at radius 2 is 1.89 bits per heavy atom. The molecule has 1 unspecified atom stereocenters. The van der Waals surface area contributed by atoms with E-state index in [-0.39, 0.29) is 5.41 Å². The van der Waals surface area contributed by atoms with Crippen LogP contribution in [0.1, 0.15) is 12.5 Å². The highest BCUT2D eigenvalue weighted by Gasteiger charge is 2.48. The summed E-state index contributed by atoms with van der Waals surface area (Å²) in [6.07, 6.45) is 0.